The molecule has 0 spiro atoms. The van der Waals surface area contributed by atoms with E-state index in [2.05, 4.69) is 13.5 Å². The second kappa shape index (κ2) is 6.41. The molecule has 1 fully saturated rings. The van der Waals surface area contributed by atoms with E-state index in [1.54, 1.807) is 22.4 Å². The molecule has 0 saturated carbocycles. The minimum Gasteiger partial charge on any atom is -0.337 e. The molecule has 0 radical (unpaired) electrons. The van der Waals surface area contributed by atoms with Crippen LogP contribution in [0.25, 0.3) is 0 Å². The summed E-state index contributed by atoms with van der Waals surface area (Å²) in [6, 6.07) is 3.15. The molecule has 3 heterocycles. The van der Waals surface area contributed by atoms with Crippen molar-refractivity contribution in [2.75, 3.05) is 13.1 Å². The highest BCUT2D eigenvalue weighted by molar-refractivity contribution is 7.91. The molecule has 2 aromatic rings. The van der Waals surface area contributed by atoms with Gasteiger partial charge in [0.25, 0.3) is 5.91 Å². The zero-order chi connectivity index (χ0) is 15.6. The molecule has 7 nitrogen and oxygen atoms in total. The quantitative estimate of drug-likeness (QED) is 0.886. The maximum atomic E-state index is 12.2. The second-order valence-electron chi connectivity index (χ2n) is 4.91. The number of hydrogen-bond acceptors (Lipinski definition) is 7. The number of carbonyl (C=O) groups is 1. The summed E-state index contributed by atoms with van der Waals surface area (Å²) in [5.74, 6) is -0.145. The topological polar surface area (TPSA) is 92.3 Å². The Bertz CT molecular complexity index is 720. The number of piperidine rings is 1. The van der Waals surface area contributed by atoms with Gasteiger partial charge in [0.05, 0.1) is 17.9 Å². The van der Waals surface area contributed by atoms with E-state index < -0.39 is 10.0 Å². The zero-order valence-corrected chi connectivity index (χ0v) is 14.0. The van der Waals surface area contributed by atoms with Gasteiger partial charge in [0.15, 0.2) is 5.69 Å². The van der Waals surface area contributed by atoms with Gasteiger partial charge in [0, 0.05) is 19.1 Å². The molecule has 10 heteroatoms. The summed E-state index contributed by atoms with van der Waals surface area (Å²) >= 11 is 2.19. The Kier molecular flexibility index (Phi) is 4.52. The van der Waals surface area contributed by atoms with E-state index in [0.29, 0.717) is 35.8 Å². The first-order valence-corrected chi connectivity index (χ1v) is 9.78. The molecular formula is C12H14N4O3S3. The van der Waals surface area contributed by atoms with Crippen LogP contribution in [0.5, 0.6) is 0 Å². The summed E-state index contributed by atoms with van der Waals surface area (Å²) in [6.45, 7) is 1.02. The number of nitrogens with one attached hydrogen (secondary N) is 1. The fraction of sp³-hybridized carbons (Fsp3) is 0.417. The van der Waals surface area contributed by atoms with Gasteiger partial charge in [0.2, 0.25) is 10.0 Å². The summed E-state index contributed by atoms with van der Waals surface area (Å²) in [4.78, 5) is 13.8. The second-order valence-corrected chi connectivity index (χ2v) is 8.36. The number of amides is 1. The number of aromatic nitrogens is 2. The van der Waals surface area contributed by atoms with Crippen LogP contribution >= 0.6 is 23.1 Å². The first-order valence-electron chi connectivity index (χ1n) is 6.69. The Hall–Kier alpha value is -1.36. The lowest BCUT2D eigenvalue weighted by molar-refractivity contribution is 0.0706. The Morgan fingerprint density at radius 2 is 2.14 bits per heavy atom. The molecule has 1 amide bonds. The number of carbonyl (C=O) groups excluding carboxylic acids is 1. The maximum absolute atomic E-state index is 12.2. The Morgan fingerprint density at radius 3 is 2.73 bits per heavy atom. The highest BCUT2D eigenvalue weighted by Gasteiger charge is 2.28. The lowest BCUT2D eigenvalue weighted by atomic mass is 10.1. The minimum atomic E-state index is -3.45. The molecule has 1 aliphatic heterocycles. The Labute approximate surface area is 136 Å². The van der Waals surface area contributed by atoms with Crippen LogP contribution in [0.15, 0.2) is 27.9 Å². The van der Waals surface area contributed by atoms with Crippen LogP contribution in [-0.2, 0) is 10.0 Å². The fourth-order valence-corrected chi connectivity index (χ4v) is 5.04. The molecule has 3 rings (SSSR count). The third-order valence-corrected chi connectivity index (χ3v) is 6.84. The van der Waals surface area contributed by atoms with Crippen molar-refractivity contribution in [2.45, 2.75) is 23.1 Å². The van der Waals surface area contributed by atoms with Gasteiger partial charge in [-0.2, -0.15) is 8.75 Å². The van der Waals surface area contributed by atoms with E-state index in [-0.39, 0.29) is 11.9 Å². The van der Waals surface area contributed by atoms with Crippen molar-refractivity contribution in [3.05, 3.63) is 29.4 Å². The molecule has 118 valence electrons. The monoisotopic (exact) mass is 358 g/mol. The highest BCUT2D eigenvalue weighted by Crippen LogP contribution is 2.19. The smallest absolute Gasteiger partial charge is 0.275 e. The van der Waals surface area contributed by atoms with Crippen molar-refractivity contribution in [2.24, 2.45) is 0 Å². The van der Waals surface area contributed by atoms with Crippen molar-refractivity contribution in [3.63, 3.8) is 0 Å². The van der Waals surface area contributed by atoms with Crippen LogP contribution < -0.4 is 4.72 Å². The fourth-order valence-electron chi connectivity index (χ4n) is 2.32. The van der Waals surface area contributed by atoms with Crippen molar-refractivity contribution < 1.29 is 13.2 Å². The minimum absolute atomic E-state index is 0.145. The Balaban J connectivity index is 1.57. The summed E-state index contributed by atoms with van der Waals surface area (Å²) in [5, 5.41) is 1.73. The third-order valence-electron chi connectivity index (χ3n) is 3.44. The summed E-state index contributed by atoms with van der Waals surface area (Å²) in [5.41, 5.74) is 0.350. The molecule has 1 saturated heterocycles. The Morgan fingerprint density at radius 1 is 1.36 bits per heavy atom. The number of likely N-dealkylation sites (tertiary alicyclic amines) is 1. The van der Waals surface area contributed by atoms with E-state index in [0.717, 1.165) is 11.7 Å². The molecular weight excluding hydrogens is 344 g/mol. The van der Waals surface area contributed by atoms with Gasteiger partial charge in [-0.3, -0.25) is 4.79 Å². The predicted octanol–water partition coefficient (Wildman–Crippen LogP) is 1.18. The van der Waals surface area contributed by atoms with Gasteiger partial charge in [0.1, 0.15) is 4.21 Å². The molecule has 0 unspecified atom stereocenters. The van der Waals surface area contributed by atoms with E-state index >= 15 is 0 Å². The van der Waals surface area contributed by atoms with Gasteiger partial charge >= 0.3 is 0 Å². The van der Waals surface area contributed by atoms with E-state index in [1.165, 1.54) is 17.5 Å². The molecule has 22 heavy (non-hydrogen) atoms. The average molecular weight is 358 g/mol. The van der Waals surface area contributed by atoms with Gasteiger partial charge in [-0.15, -0.1) is 11.3 Å². The van der Waals surface area contributed by atoms with Crippen LogP contribution in [0.3, 0.4) is 0 Å². The normalized spacial score (nSPS) is 16.8. The van der Waals surface area contributed by atoms with Crippen LogP contribution in [-0.4, -0.2) is 47.1 Å². The average Bonchev–Trinajstić information content (AvgIpc) is 3.20. The van der Waals surface area contributed by atoms with E-state index in [9.17, 15) is 13.2 Å². The first kappa shape index (κ1) is 15.5. The number of nitrogens with zero attached hydrogens (tertiary/aromatic N) is 3. The lowest BCUT2D eigenvalue weighted by Gasteiger charge is -2.31. The molecule has 1 aliphatic rings. The standard InChI is InChI=1S/C12H14N4O3S3/c17-12(10-8-13-21-14-10)16-5-3-9(4-6-16)15-22(18,19)11-2-1-7-20-11/h1-2,7-9,15H,3-6H2. The van der Waals surface area contributed by atoms with Crippen molar-refractivity contribution in [3.8, 4) is 0 Å². The van der Waals surface area contributed by atoms with Gasteiger partial charge in [-0.05, 0) is 24.3 Å². The largest absolute Gasteiger partial charge is 0.337 e. The number of thiophene rings is 1. The molecule has 1 N–H and O–H groups in total. The van der Waals surface area contributed by atoms with Crippen molar-refractivity contribution >= 4 is 39.0 Å². The number of sulfonamides is 1. The third kappa shape index (κ3) is 3.35. The van der Waals surface area contributed by atoms with Crippen molar-refractivity contribution in [1.29, 1.82) is 0 Å². The summed E-state index contributed by atoms with van der Waals surface area (Å²) in [7, 11) is -3.45. The first-order chi connectivity index (χ1) is 10.6. The van der Waals surface area contributed by atoms with Gasteiger partial charge in [-0.1, -0.05) is 6.07 Å². The highest BCUT2D eigenvalue weighted by atomic mass is 32.2. The predicted molar refractivity (Wildman–Crippen MR) is 83.5 cm³/mol. The van der Waals surface area contributed by atoms with Crippen LogP contribution in [0, 0.1) is 0 Å². The lowest BCUT2D eigenvalue weighted by Crippen LogP contribution is -2.46. The van der Waals surface area contributed by atoms with E-state index in [4.69, 9.17) is 0 Å². The van der Waals surface area contributed by atoms with Gasteiger partial charge in [-0.25, -0.2) is 13.1 Å². The molecule has 0 aliphatic carbocycles. The zero-order valence-electron chi connectivity index (χ0n) is 11.5. The maximum Gasteiger partial charge on any atom is 0.275 e. The van der Waals surface area contributed by atoms with Crippen LogP contribution in [0.1, 0.15) is 23.3 Å². The molecule has 2 aromatic heterocycles. The number of rotatable bonds is 4. The molecule has 0 aromatic carbocycles. The number of hydrogen-bond donors (Lipinski definition) is 1. The van der Waals surface area contributed by atoms with E-state index in [1.807, 2.05) is 0 Å². The summed E-state index contributed by atoms with van der Waals surface area (Å²) < 4.78 is 35.1. The summed E-state index contributed by atoms with van der Waals surface area (Å²) in [6.07, 6.45) is 2.64. The van der Waals surface area contributed by atoms with Crippen LogP contribution in [0.2, 0.25) is 0 Å². The van der Waals surface area contributed by atoms with Crippen molar-refractivity contribution in [1.82, 2.24) is 18.4 Å². The molecule has 0 bridgehead atoms. The van der Waals surface area contributed by atoms with Crippen LogP contribution in [0.4, 0.5) is 0 Å². The van der Waals surface area contributed by atoms with Gasteiger partial charge < -0.3 is 4.90 Å². The SMILES string of the molecule is O=C(c1cnsn1)N1CCC(NS(=O)(=O)c2cccs2)CC1. The molecule has 0 atom stereocenters.